The van der Waals surface area contributed by atoms with E-state index in [0.717, 1.165) is 11.3 Å². The number of imidazole rings is 1. The van der Waals surface area contributed by atoms with Gasteiger partial charge in [-0.2, -0.15) is 10.1 Å². The number of anilines is 1. The second-order valence-electron chi connectivity index (χ2n) is 6.06. The minimum absolute atomic E-state index is 0.125. The van der Waals surface area contributed by atoms with Crippen molar-refractivity contribution in [2.75, 3.05) is 5.43 Å². The number of aromatic amines is 1. The van der Waals surface area contributed by atoms with E-state index in [2.05, 4.69) is 20.5 Å². The maximum Gasteiger partial charge on any atom is 0.329 e. The quantitative estimate of drug-likeness (QED) is 0.458. The minimum atomic E-state index is -0.719. The molecule has 3 rings (SSSR count). The molecule has 2 aromatic heterocycles. The summed E-state index contributed by atoms with van der Waals surface area (Å²) in [7, 11) is 1.52. The number of hydrazone groups is 1. The van der Waals surface area contributed by atoms with E-state index < -0.39 is 17.4 Å². The van der Waals surface area contributed by atoms with E-state index in [4.69, 9.17) is 0 Å². The molecule has 1 aromatic carbocycles. The molecule has 26 heavy (non-hydrogen) atoms. The maximum absolute atomic E-state index is 12.3. The number of H-pyrrole nitrogens is 1. The number of fused-ring (bicyclic) bond motifs is 1. The Bertz CT molecular complexity index is 1080. The lowest BCUT2D eigenvalue weighted by atomic mass is 10.1. The summed E-state index contributed by atoms with van der Waals surface area (Å²) >= 11 is 0. The largest absolute Gasteiger partial charge is 0.392 e. The van der Waals surface area contributed by atoms with E-state index in [9.17, 15) is 14.7 Å². The maximum atomic E-state index is 12.3. The molecule has 0 aliphatic rings. The van der Waals surface area contributed by atoms with Crippen LogP contribution in [-0.2, 0) is 13.6 Å². The molecule has 0 unspecified atom stereocenters. The Morgan fingerprint density at radius 3 is 2.69 bits per heavy atom. The van der Waals surface area contributed by atoms with Crippen LogP contribution in [0.1, 0.15) is 19.4 Å². The predicted octanol–water partition coefficient (Wildman–Crippen LogP) is 0.640. The molecule has 9 heteroatoms. The van der Waals surface area contributed by atoms with Gasteiger partial charge in [0, 0.05) is 7.05 Å². The molecule has 1 atom stereocenters. The molecule has 136 valence electrons. The highest BCUT2D eigenvalue weighted by atomic mass is 16.3. The van der Waals surface area contributed by atoms with Crippen LogP contribution >= 0.6 is 0 Å². The van der Waals surface area contributed by atoms with Crippen molar-refractivity contribution in [2.45, 2.75) is 26.5 Å². The Balaban J connectivity index is 2.10. The number of benzene rings is 1. The third kappa shape index (κ3) is 3.29. The number of hydrogen-bond donors (Lipinski definition) is 3. The fraction of sp³-hybridized carbons (Fsp3) is 0.294. The zero-order valence-corrected chi connectivity index (χ0v) is 14.7. The molecule has 0 radical (unpaired) electrons. The topological polar surface area (TPSA) is 117 Å². The number of nitrogens with zero attached hydrogens (tertiary/aromatic N) is 4. The van der Waals surface area contributed by atoms with Gasteiger partial charge in [-0.25, -0.2) is 10.2 Å². The zero-order valence-electron chi connectivity index (χ0n) is 14.7. The van der Waals surface area contributed by atoms with Gasteiger partial charge in [0.15, 0.2) is 11.2 Å². The highest BCUT2D eigenvalue weighted by Gasteiger charge is 2.18. The molecule has 0 spiro atoms. The van der Waals surface area contributed by atoms with Gasteiger partial charge >= 0.3 is 5.69 Å². The molecule has 0 aliphatic heterocycles. The van der Waals surface area contributed by atoms with Crippen LogP contribution in [0.3, 0.4) is 0 Å². The summed E-state index contributed by atoms with van der Waals surface area (Å²) in [6, 6.07) is 9.58. The number of aryl methyl sites for hydroxylation is 1. The molecule has 2 heterocycles. The van der Waals surface area contributed by atoms with E-state index in [0.29, 0.717) is 0 Å². The first-order valence-electron chi connectivity index (χ1n) is 8.12. The third-order valence-electron chi connectivity index (χ3n) is 3.97. The first kappa shape index (κ1) is 17.6. The number of hydrogen-bond acceptors (Lipinski definition) is 6. The molecule has 0 saturated carbocycles. The summed E-state index contributed by atoms with van der Waals surface area (Å²) < 4.78 is 2.76. The van der Waals surface area contributed by atoms with Crippen LogP contribution in [-0.4, -0.2) is 36.0 Å². The summed E-state index contributed by atoms with van der Waals surface area (Å²) in [6.07, 6.45) is -0.719. The van der Waals surface area contributed by atoms with Gasteiger partial charge in [0.1, 0.15) is 0 Å². The van der Waals surface area contributed by atoms with Crippen molar-refractivity contribution in [1.82, 2.24) is 19.1 Å². The number of aliphatic hydroxyl groups is 1. The first-order valence-corrected chi connectivity index (χ1v) is 8.12. The lowest BCUT2D eigenvalue weighted by Crippen LogP contribution is -2.29. The minimum Gasteiger partial charge on any atom is -0.392 e. The van der Waals surface area contributed by atoms with Gasteiger partial charge in [-0.3, -0.25) is 14.3 Å². The van der Waals surface area contributed by atoms with E-state index in [1.165, 1.54) is 16.2 Å². The summed E-state index contributed by atoms with van der Waals surface area (Å²) in [5.41, 5.74) is 3.80. The number of aliphatic hydroxyl groups excluding tert-OH is 1. The van der Waals surface area contributed by atoms with Gasteiger partial charge in [0.2, 0.25) is 5.95 Å². The van der Waals surface area contributed by atoms with Gasteiger partial charge in [0.25, 0.3) is 5.56 Å². The summed E-state index contributed by atoms with van der Waals surface area (Å²) in [4.78, 5) is 30.6. The Hall–Kier alpha value is -3.20. The van der Waals surface area contributed by atoms with Crippen LogP contribution in [0.4, 0.5) is 5.95 Å². The first-order chi connectivity index (χ1) is 12.4. The number of rotatable bonds is 5. The van der Waals surface area contributed by atoms with Crippen molar-refractivity contribution < 1.29 is 5.11 Å². The van der Waals surface area contributed by atoms with Crippen LogP contribution in [0.25, 0.3) is 11.2 Å². The van der Waals surface area contributed by atoms with Crippen LogP contribution < -0.4 is 16.7 Å². The van der Waals surface area contributed by atoms with E-state index in [1.54, 1.807) is 6.92 Å². The van der Waals surface area contributed by atoms with Gasteiger partial charge < -0.3 is 9.67 Å². The van der Waals surface area contributed by atoms with Gasteiger partial charge in [-0.05, 0) is 19.4 Å². The van der Waals surface area contributed by atoms with Gasteiger partial charge in [-0.15, -0.1) is 0 Å². The van der Waals surface area contributed by atoms with Crippen molar-refractivity contribution in [1.29, 1.82) is 0 Å². The summed E-state index contributed by atoms with van der Waals surface area (Å²) in [6.45, 7) is 3.57. The average Bonchev–Trinajstić information content (AvgIpc) is 2.97. The van der Waals surface area contributed by atoms with Gasteiger partial charge in [0.05, 0.1) is 18.4 Å². The molecule has 9 nitrogen and oxygen atoms in total. The van der Waals surface area contributed by atoms with Crippen molar-refractivity contribution >= 4 is 22.8 Å². The molecule has 0 fully saturated rings. The molecule has 0 bridgehead atoms. The summed E-state index contributed by atoms with van der Waals surface area (Å²) in [5.74, 6) is 0.267. The molecule has 0 aliphatic carbocycles. The lowest BCUT2D eigenvalue weighted by Gasteiger charge is -2.10. The lowest BCUT2D eigenvalue weighted by molar-refractivity contribution is 0.175. The van der Waals surface area contributed by atoms with Crippen molar-refractivity contribution in [3.63, 3.8) is 0 Å². The normalized spacial score (nSPS) is 13.2. The molecular formula is C17H20N6O3. The highest BCUT2D eigenvalue weighted by Crippen LogP contribution is 2.16. The fourth-order valence-corrected chi connectivity index (χ4v) is 2.64. The van der Waals surface area contributed by atoms with Crippen molar-refractivity contribution in [3.05, 3.63) is 56.7 Å². The van der Waals surface area contributed by atoms with Crippen LogP contribution in [0.5, 0.6) is 0 Å². The Morgan fingerprint density at radius 1 is 1.35 bits per heavy atom. The Labute approximate surface area is 148 Å². The van der Waals surface area contributed by atoms with Gasteiger partial charge in [-0.1, -0.05) is 30.3 Å². The van der Waals surface area contributed by atoms with E-state index in [-0.39, 0.29) is 23.7 Å². The Kier molecular flexibility index (Phi) is 4.72. The molecule has 3 aromatic rings. The number of aromatic nitrogens is 4. The predicted molar refractivity (Wildman–Crippen MR) is 99.6 cm³/mol. The zero-order chi connectivity index (χ0) is 18.8. The van der Waals surface area contributed by atoms with E-state index in [1.807, 2.05) is 37.3 Å². The number of nitrogens with one attached hydrogen (secondary N) is 2. The average molecular weight is 356 g/mol. The highest BCUT2D eigenvalue weighted by molar-refractivity contribution is 5.99. The second kappa shape index (κ2) is 6.96. The second-order valence-corrected chi connectivity index (χ2v) is 6.06. The van der Waals surface area contributed by atoms with Crippen LogP contribution in [0.2, 0.25) is 0 Å². The van der Waals surface area contributed by atoms with E-state index >= 15 is 0 Å². The van der Waals surface area contributed by atoms with Crippen molar-refractivity contribution in [2.24, 2.45) is 12.1 Å². The van der Waals surface area contributed by atoms with Crippen LogP contribution in [0, 0.1) is 0 Å². The monoisotopic (exact) mass is 356 g/mol. The molecular weight excluding hydrogens is 336 g/mol. The van der Waals surface area contributed by atoms with Crippen LogP contribution in [0.15, 0.2) is 45.0 Å². The molecule has 3 N–H and O–H groups in total. The standard InChI is InChI=1S/C17H20N6O3/c1-10(24)9-23-13-14(22(3)17(26)19-15(13)25)18-16(23)21-20-11(2)12-7-5-4-6-8-12/h4-8,10,24H,9H2,1-3H3,(H,18,21)(H,19,25,26)/b20-11-/t10-/m0/s1. The smallest absolute Gasteiger partial charge is 0.329 e. The Morgan fingerprint density at radius 2 is 2.04 bits per heavy atom. The summed E-state index contributed by atoms with van der Waals surface area (Å²) in [5, 5.41) is 14.1. The molecule has 0 amide bonds. The molecule has 0 saturated heterocycles. The fourth-order valence-electron chi connectivity index (χ4n) is 2.64. The SMILES string of the molecule is C/C(=N/Nc1nc2c(c(=O)[nH]c(=O)n2C)n1C[C@H](C)O)c1ccccc1. The van der Waals surface area contributed by atoms with Crippen molar-refractivity contribution in [3.8, 4) is 0 Å². The third-order valence-corrected chi connectivity index (χ3v) is 3.97.